The molecule has 0 bridgehead atoms. The van der Waals surface area contributed by atoms with Gasteiger partial charge in [0, 0.05) is 17.4 Å². The lowest BCUT2D eigenvalue weighted by Crippen LogP contribution is -2.46. The molecular formula is C11H25N3O2Si. The monoisotopic (exact) mass is 259 g/mol. The van der Waals surface area contributed by atoms with Crippen LogP contribution in [-0.2, 0) is 4.43 Å². The zero-order valence-electron chi connectivity index (χ0n) is 11.8. The van der Waals surface area contributed by atoms with Crippen LogP contribution in [0, 0.1) is 5.92 Å². The largest absolute Gasteiger partial charge is 0.413 e. The lowest BCUT2D eigenvalue weighted by molar-refractivity contribution is 0.0910. The van der Waals surface area contributed by atoms with Crippen molar-refractivity contribution in [2.24, 2.45) is 11.0 Å². The van der Waals surface area contributed by atoms with Gasteiger partial charge >= 0.3 is 0 Å². The molecule has 0 fully saturated rings. The normalized spacial score (nSPS) is 16.2. The van der Waals surface area contributed by atoms with E-state index in [9.17, 15) is 5.11 Å². The maximum atomic E-state index is 9.20. The second-order valence-corrected chi connectivity index (χ2v) is 10.7. The van der Waals surface area contributed by atoms with E-state index >= 15 is 0 Å². The molecule has 100 valence electrons. The van der Waals surface area contributed by atoms with Crippen LogP contribution in [-0.4, -0.2) is 32.7 Å². The number of aliphatic hydroxyl groups excluding tert-OH is 1. The molecule has 0 saturated carbocycles. The van der Waals surface area contributed by atoms with E-state index in [1.165, 1.54) is 0 Å². The molecule has 1 N–H and O–H groups in total. The fourth-order valence-corrected chi connectivity index (χ4v) is 2.54. The van der Waals surface area contributed by atoms with Gasteiger partial charge in [0.2, 0.25) is 0 Å². The molecule has 0 amide bonds. The van der Waals surface area contributed by atoms with Gasteiger partial charge in [-0.1, -0.05) is 32.8 Å². The Kier molecular flexibility index (Phi) is 6.19. The van der Waals surface area contributed by atoms with Crippen LogP contribution in [0.4, 0.5) is 0 Å². The summed E-state index contributed by atoms with van der Waals surface area (Å²) < 4.78 is 6.17. The number of hydrogen-bond acceptors (Lipinski definition) is 3. The summed E-state index contributed by atoms with van der Waals surface area (Å²) in [5, 5.41) is 12.9. The van der Waals surface area contributed by atoms with Gasteiger partial charge in [-0.2, -0.15) is 0 Å². The van der Waals surface area contributed by atoms with Gasteiger partial charge in [-0.05, 0) is 23.7 Å². The van der Waals surface area contributed by atoms with Crippen molar-refractivity contribution in [3.05, 3.63) is 10.4 Å². The highest BCUT2D eigenvalue weighted by molar-refractivity contribution is 6.74. The Balaban J connectivity index is 4.79. The van der Waals surface area contributed by atoms with Crippen molar-refractivity contribution in [1.82, 2.24) is 0 Å². The van der Waals surface area contributed by atoms with E-state index in [0.717, 1.165) is 0 Å². The zero-order chi connectivity index (χ0) is 13.7. The fourth-order valence-electron chi connectivity index (χ4n) is 1.12. The number of rotatable bonds is 6. The van der Waals surface area contributed by atoms with Crippen molar-refractivity contribution in [3.8, 4) is 0 Å². The third kappa shape index (κ3) is 5.08. The molecule has 0 rings (SSSR count). The molecule has 0 aliphatic heterocycles. The van der Waals surface area contributed by atoms with Gasteiger partial charge in [-0.3, -0.25) is 0 Å². The number of azide groups is 1. The summed E-state index contributed by atoms with van der Waals surface area (Å²) in [6.07, 6.45) is -0.197. The average Bonchev–Trinajstić information content (AvgIpc) is 2.21. The summed E-state index contributed by atoms with van der Waals surface area (Å²) in [6.45, 7) is 13.0. The Morgan fingerprint density at radius 1 is 1.41 bits per heavy atom. The lowest BCUT2D eigenvalue weighted by Gasteiger charge is -2.40. The smallest absolute Gasteiger partial charge is 0.192 e. The van der Waals surface area contributed by atoms with Crippen molar-refractivity contribution in [2.75, 3.05) is 13.2 Å². The van der Waals surface area contributed by atoms with Gasteiger partial charge in [0.05, 0.1) is 12.6 Å². The second-order valence-electron chi connectivity index (χ2n) is 5.99. The Morgan fingerprint density at radius 3 is 2.29 bits per heavy atom. The van der Waals surface area contributed by atoms with Gasteiger partial charge in [0.1, 0.15) is 0 Å². The highest BCUT2D eigenvalue weighted by Gasteiger charge is 2.39. The minimum absolute atomic E-state index is 0.0189. The lowest BCUT2D eigenvalue weighted by atomic mass is 10.1. The Labute approximate surface area is 105 Å². The standard InChI is InChI=1S/C11H25N3O2Si/c1-9(8-15)10(7-13-14-12)16-17(5,6)11(2,3)4/h9-10,15H,7-8H2,1-6H3/t9-,10+/m0/s1. The van der Waals surface area contributed by atoms with Gasteiger partial charge in [0.25, 0.3) is 0 Å². The van der Waals surface area contributed by atoms with Crippen molar-refractivity contribution in [1.29, 1.82) is 0 Å². The Hall–Kier alpha value is -0.553. The second kappa shape index (κ2) is 6.40. The first-order valence-electron chi connectivity index (χ1n) is 5.95. The zero-order valence-corrected chi connectivity index (χ0v) is 12.8. The maximum Gasteiger partial charge on any atom is 0.192 e. The topological polar surface area (TPSA) is 78.2 Å². The summed E-state index contributed by atoms with van der Waals surface area (Å²) in [7, 11) is -1.89. The molecule has 0 saturated heterocycles. The summed E-state index contributed by atoms with van der Waals surface area (Å²) in [5.74, 6) is -0.0189. The van der Waals surface area contributed by atoms with Gasteiger partial charge in [-0.15, -0.1) is 0 Å². The molecule has 0 aromatic rings. The molecular weight excluding hydrogens is 234 g/mol. The molecule has 6 heteroatoms. The van der Waals surface area contributed by atoms with Gasteiger partial charge in [0.15, 0.2) is 8.32 Å². The first kappa shape index (κ1) is 16.4. The van der Waals surface area contributed by atoms with Crippen LogP contribution < -0.4 is 0 Å². The van der Waals surface area contributed by atoms with Crippen molar-refractivity contribution in [2.45, 2.75) is 51.9 Å². The van der Waals surface area contributed by atoms with Crippen molar-refractivity contribution < 1.29 is 9.53 Å². The molecule has 2 atom stereocenters. The molecule has 17 heavy (non-hydrogen) atoms. The van der Waals surface area contributed by atoms with Crippen LogP contribution in [0.1, 0.15) is 27.7 Å². The minimum Gasteiger partial charge on any atom is -0.413 e. The number of nitrogens with zero attached hydrogens (tertiary/aromatic N) is 3. The fraction of sp³-hybridized carbons (Fsp3) is 1.00. The van der Waals surface area contributed by atoms with Gasteiger partial charge in [-0.25, -0.2) is 0 Å². The highest BCUT2D eigenvalue weighted by Crippen LogP contribution is 2.38. The highest BCUT2D eigenvalue weighted by atomic mass is 28.4. The molecule has 0 unspecified atom stereocenters. The predicted molar refractivity (Wildman–Crippen MR) is 72.3 cm³/mol. The van der Waals surface area contributed by atoms with Crippen LogP contribution in [0.15, 0.2) is 5.11 Å². The first-order valence-corrected chi connectivity index (χ1v) is 8.86. The van der Waals surface area contributed by atoms with Crippen LogP contribution in [0.3, 0.4) is 0 Å². The SMILES string of the molecule is C[C@@H](CO)[C@@H](CN=[N+]=[N-])O[Si](C)(C)C(C)(C)C. The van der Waals surface area contributed by atoms with Crippen molar-refractivity contribution >= 4 is 8.32 Å². The molecule has 0 heterocycles. The number of aliphatic hydroxyl groups is 1. The Bertz CT molecular complexity index is 283. The third-order valence-electron chi connectivity index (χ3n) is 3.50. The third-order valence-corrected chi connectivity index (χ3v) is 8.00. The van der Waals surface area contributed by atoms with Gasteiger partial charge < -0.3 is 9.53 Å². The van der Waals surface area contributed by atoms with Crippen LogP contribution in [0.5, 0.6) is 0 Å². The van der Waals surface area contributed by atoms with E-state index in [1.807, 2.05) is 6.92 Å². The van der Waals surface area contributed by atoms with Crippen LogP contribution in [0.2, 0.25) is 18.1 Å². The molecule has 0 radical (unpaired) electrons. The molecule has 0 spiro atoms. The molecule has 0 aliphatic rings. The molecule has 0 aromatic carbocycles. The van der Waals surface area contributed by atoms with E-state index in [0.29, 0.717) is 0 Å². The quantitative estimate of drug-likeness (QED) is 0.344. The molecule has 0 aliphatic carbocycles. The van der Waals surface area contributed by atoms with E-state index in [1.54, 1.807) is 0 Å². The van der Waals surface area contributed by atoms with Crippen LogP contribution in [0.25, 0.3) is 10.4 Å². The summed E-state index contributed by atoms with van der Waals surface area (Å²) in [4.78, 5) is 2.76. The maximum absolute atomic E-state index is 9.20. The number of hydrogen-bond donors (Lipinski definition) is 1. The van der Waals surface area contributed by atoms with Crippen LogP contribution >= 0.6 is 0 Å². The summed E-state index contributed by atoms with van der Waals surface area (Å²) in [5.41, 5.74) is 8.38. The average molecular weight is 259 g/mol. The van der Waals surface area contributed by atoms with E-state index in [2.05, 4.69) is 43.9 Å². The molecule has 0 aromatic heterocycles. The van der Waals surface area contributed by atoms with E-state index in [-0.39, 0.29) is 30.2 Å². The Morgan fingerprint density at radius 2 is 1.94 bits per heavy atom. The first-order chi connectivity index (χ1) is 7.65. The van der Waals surface area contributed by atoms with E-state index in [4.69, 9.17) is 9.96 Å². The predicted octanol–water partition coefficient (Wildman–Crippen LogP) is 3.32. The minimum atomic E-state index is -1.89. The summed E-state index contributed by atoms with van der Waals surface area (Å²) >= 11 is 0. The van der Waals surface area contributed by atoms with Crippen molar-refractivity contribution in [3.63, 3.8) is 0 Å². The summed E-state index contributed by atoms with van der Waals surface area (Å²) in [6, 6.07) is 0. The molecule has 5 nitrogen and oxygen atoms in total. The van der Waals surface area contributed by atoms with E-state index < -0.39 is 8.32 Å².